The third-order valence-electron chi connectivity index (χ3n) is 3.47. The van der Waals surface area contributed by atoms with Crippen molar-refractivity contribution in [2.24, 2.45) is 7.05 Å². The Morgan fingerprint density at radius 3 is 2.54 bits per heavy atom. The van der Waals surface area contributed by atoms with Crippen LogP contribution in [0.1, 0.15) is 5.69 Å². The number of fused-ring (bicyclic) bond motifs is 1. The lowest BCUT2D eigenvalue weighted by atomic mass is 10.3. The van der Waals surface area contributed by atoms with Crippen LogP contribution in [0.2, 0.25) is 0 Å². The van der Waals surface area contributed by atoms with E-state index < -0.39 is 14.9 Å². The molecular weight excluding hydrogens is 334 g/mol. The molecule has 0 radical (unpaired) electrons. The molecule has 10 heteroatoms. The summed E-state index contributed by atoms with van der Waals surface area (Å²) in [6, 6.07) is 6.29. The average molecular weight is 347 g/mol. The molecule has 0 aliphatic rings. The van der Waals surface area contributed by atoms with E-state index in [2.05, 4.69) is 14.8 Å². The second-order valence-electron chi connectivity index (χ2n) is 5.16. The summed E-state index contributed by atoms with van der Waals surface area (Å²) in [5.74, 6) is 0. The quantitative estimate of drug-likeness (QED) is 0.569. The van der Waals surface area contributed by atoms with Crippen molar-refractivity contribution in [3.05, 3.63) is 52.3 Å². The number of benzene rings is 1. The molecule has 0 aliphatic heterocycles. The van der Waals surface area contributed by atoms with Gasteiger partial charge >= 0.3 is 0 Å². The third-order valence-corrected chi connectivity index (χ3v) is 4.87. The Hall–Kier alpha value is -3.01. The Bertz CT molecular complexity index is 1040. The SMILES string of the molecule is Cc1nn(C)c2ncc(NS(=O)(=O)c3ccc([N+](=O)[O-])cc3)cc12. The van der Waals surface area contributed by atoms with Crippen LogP contribution in [0.25, 0.3) is 11.0 Å². The molecule has 1 N–H and O–H groups in total. The maximum Gasteiger partial charge on any atom is 0.269 e. The number of nitro benzene ring substituents is 1. The van der Waals surface area contributed by atoms with E-state index >= 15 is 0 Å². The lowest BCUT2D eigenvalue weighted by Gasteiger charge is -2.08. The summed E-state index contributed by atoms with van der Waals surface area (Å²) in [7, 11) is -2.12. The van der Waals surface area contributed by atoms with Crippen molar-refractivity contribution in [3.8, 4) is 0 Å². The Balaban J connectivity index is 1.94. The van der Waals surface area contributed by atoms with E-state index in [9.17, 15) is 18.5 Å². The van der Waals surface area contributed by atoms with Gasteiger partial charge in [0.1, 0.15) is 0 Å². The minimum Gasteiger partial charge on any atom is -0.278 e. The Kier molecular flexibility index (Phi) is 3.68. The molecular formula is C14H13N5O4S. The number of anilines is 1. The number of aryl methyl sites for hydroxylation is 2. The summed E-state index contributed by atoms with van der Waals surface area (Å²) < 4.78 is 28.8. The highest BCUT2D eigenvalue weighted by molar-refractivity contribution is 7.92. The first kappa shape index (κ1) is 15.9. The fraction of sp³-hybridized carbons (Fsp3) is 0.143. The summed E-state index contributed by atoms with van der Waals surface area (Å²) in [4.78, 5) is 14.2. The second kappa shape index (κ2) is 5.57. The lowest BCUT2D eigenvalue weighted by Crippen LogP contribution is -2.13. The van der Waals surface area contributed by atoms with Crippen molar-refractivity contribution in [2.45, 2.75) is 11.8 Å². The predicted octanol–water partition coefficient (Wildman–Crippen LogP) is 1.99. The van der Waals surface area contributed by atoms with Crippen LogP contribution in [0.4, 0.5) is 11.4 Å². The number of nitrogens with one attached hydrogen (secondary N) is 1. The van der Waals surface area contributed by atoms with Gasteiger partial charge in [-0.25, -0.2) is 13.4 Å². The highest BCUT2D eigenvalue weighted by Crippen LogP contribution is 2.22. The van der Waals surface area contributed by atoms with Gasteiger partial charge in [0, 0.05) is 24.6 Å². The zero-order chi connectivity index (χ0) is 17.5. The van der Waals surface area contributed by atoms with Crippen molar-refractivity contribution >= 4 is 32.4 Å². The van der Waals surface area contributed by atoms with E-state index in [1.165, 1.54) is 18.3 Å². The normalized spacial score (nSPS) is 11.6. The van der Waals surface area contributed by atoms with Gasteiger partial charge < -0.3 is 0 Å². The number of rotatable bonds is 4. The van der Waals surface area contributed by atoms with Crippen LogP contribution in [-0.2, 0) is 17.1 Å². The second-order valence-corrected chi connectivity index (χ2v) is 6.84. The Morgan fingerprint density at radius 1 is 1.25 bits per heavy atom. The zero-order valence-corrected chi connectivity index (χ0v) is 13.6. The molecule has 0 saturated heterocycles. The van der Waals surface area contributed by atoms with E-state index in [1.807, 2.05) is 0 Å². The van der Waals surface area contributed by atoms with Crippen LogP contribution < -0.4 is 4.72 Å². The monoisotopic (exact) mass is 347 g/mol. The van der Waals surface area contributed by atoms with Gasteiger partial charge in [0.25, 0.3) is 15.7 Å². The fourth-order valence-corrected chi connectivity index (χ4v) is 3.36. The van der Waals surface area contributed by atoms with Crippen molar-refractivity contribution in [3.63, 3.8) is 0 Å². The molecule has 24 heavy (non-hydrogen) atoms. The van der Waals surface area contributed by atoms with E-state index in [4.69, 9.17) is 0 Å². The molecule has 0 spiro atoms. The molecule has 0 fully saturated rings. The summed E-state index contributed by atoms with van der Waals surface area (Å²) in [5, 5.41) is 15.6. The Labute approximate surface area is 137 Å². The molecule has 1 aromatic carbocycles. The number of hydrogen-bond acceptors (Lipinski definition) is 6. The van der Waals surface area contributed by atoms with Crippen LogP contribution in [0.5, 0.6) is 0 Å². The van der Waals surface area contributed by atoms with Crippen LogP contribution in [0.3, 0.4) is 0 Å². The number of pyridine rings is 1. The molecule has 0 bridgehead atoms. The van der Waals surface area contributed by atoms with Gasteiger partial charge in [0.15, 0.2) is 5.65 Å². The van der Waals surface area contributed by atoms with Gasteiger partial charge in [-0.05, 0) is 25.1 Å². The van der Waals surface area contributed by atoms with Crippen molar-refractivity contribution in [1.29, 1.82) is 0 Å². The molecule has 2 heterocycles. The van der Waals surface area contributed by atoms with Crippen molar-refractivity contribution < 1.29 is 13.3 Å². The highest BCUT2D eigenvalue weighted by atomic mass is 32.2. The molecule has 3 aromatic rings. The molecule has 0 amide bonds. The number of sulfonamides is 1. The van der Waals surface area contributed by atoms with E-state index in [1.54, 1.807) is 24.7 Å². The summed E-state index contributed by atoms with van der Waals surface area (Å²) in [6.07, 6.45) is 1.40. The van der Waals surface area contributed by atoms with Crippen molar-refractivity contribution in [2.75, 3.05) is 4.72 Å². The molecule has 0 aliphatic carbocycles. The molecule has 0 atom stereocenters. The number of aromatic nitrogens is 3. The minimum absolute atomic E-state index is 0.0731. The maximum atomic E-state index is 12.4. The van der Waals surface area contributed by atoms with Crippen LogP contribution in [0, 0.1) is 17.0 Å². The van der Waals surface area contributed by atoms with E-state index in [0.717, 1.165) is 23.2 Å². The molecule has 0 saturated carbocycles. The largest absolute Gasteiger partial charge is 0.278 e. The van der Waals surface area contributed by atoms with Gasteiger partial charge in [-0.2, -0.15) is 5.10 Å². The number of nitro groups is 1. The number of nitrogens with zero attached hydrogens (tertiary/aromatic N) is 4. The fourth-order valence-electron chi connectivity index (χ4n) is 2.32. The average Bonchev–Trinajstić information content (AvgIpc) is 2.81. The standard InChI is InChI=1S/C14H13N5O4S/c1-9-13-7-10(8-15-14(13)18(2)16-9)17-24(22,23)12-5-3-11(4-6-12)19(20)21/h3-8,17H,1-2H3. The van der Waals surface area contributed by atoms with Gasteiger partial charge in [-0.15, -0.1) is 0 Å². The van der Waals surface area contributed by atoms with Crippen LogP contribution >= 0.6 is 0 Å². The van der Waals surface area contributed by atoms with Crippen molar-refractivity contribution in [1.82, 2.24) is 14.8 Å². The molecule has 9 nitrogen and oxygen atoms in total. The van der Waals surface area contributed by atoms with E-state index in [-0.39, 0.29) is 16.3 Å². The maximum absolute atomic E-state index is 12.4. The highest BCUT2D eigenvalue weighted by Gasteiger charge is 2.17. The smallest absolute Gasteiger partial charge is 0.269 e. The third kappa shape index (κ3) is 2.78. The van der Waals surface area contributed by atoms with E-state index in [0.29, 0.717) is 5.65 Å². The van der Waals surface area contributed by atoms with Gasteiger partial charge in [-0.1, -0.05) is 0 Å². The molecule has 3 rings (SSSR count). The van der Waals surface area contributed by atoms with Gasteiger partial charge in [0.2, 0.25) is 0 Å². The first-order valence-corrected chi connectivity index (χ1v) is 8.33. The minimum atomic E-state index is -3.87. The molecule has 124 valence electrons. The topological polar surface area (TPSA) is 120 Å². The first-order chi connectivity index (χ1) is 11.3. The Morgan fingerprint density at radius 2 is 1.92 bits per heavy atom. The van der Waals surface area contributed by atoms with Crippen LogP contribution in [0.15, 0.2) is 41.4 Å². The summed E-state index contributed by atoms with van der Waals surface area (Å²) in [6.45, 7) is 1.80. The first-order valence-electron chi connectivity index (χ1n) is 6.84. The number of non-ortho nitro benzene ring substituents is 1. The zero-order valence-electron chi connectivity index (χ0n) is 12.8. The van der Waals surface area contributed by atoms with Gasteiger partial charge in [-0.3, -0.25) is 19.5 Å². The molecule has 0 unspecified atom stereocenters. The predicted molar refractivity (Wildman–Crippen MR) is 87.2 cm³/mol. The van der Waals surface area contributed by atoms with Gasteiger partial charge in [0.05, 0.1) is 27.4 Å². The lowest BCUT2D eigenvalue weighted by molar-refractivity contribution is -0.384. The van der Waals surface area contributed by atoms with Crippen LogP contribution in [-0.4, -0.2) is 28.1 Å². The molecule has 2 aromatic heterocycles. The number of hydrogen-bond donors (Lipinski definition) is 1. The summed E-state index contributed by atoms with van der Waals surface area (Å²) in [5.41, 5.74) is 1.49. The summed E-state index contributed by atoms with van der Waals surface area (Å²) >= 11 is 0.